The van der Waals surface area contributed by atoms with Crippen molar-refractivity contribution in [1.82, 2.24) is 10.2 Å². The Bertz CT molecular complexity index is 1230. The fraction of sp³-hybridized carbons (Fsp3) is 0.292. The van der Waals surface area contributed by atoms with E-state index < -0.39 is 18.0 Å². The quantitative estimate of drug-likeness (QED) is 0.550. The third-order valence-electron chi connectivity index (χ3n) is 6.32. The summed E-state index contributed by atoms with van der Waals surface area (Å²) < 4.78 is 0. The summed E-state index contributed by atoms with van der Waals surface area (Å²) in [6.45, 7) is 0.520. The Morgan fingerprint density at radius 1 is 0.971 bits per heavy atom. The van der Waals surface area contributed by atoms with Crippen molar-refractivity contribution in [1.29, 1.82) is 0 Å². The van der Waals surface area contributed by atoms with Gasteiger partial charge in [0.25, 0.3) is 11.8 Å². The van der Waals surface area contributed by atoms with Gasteiger partial charge < -0.3 is 26.2 Å². The molecule has 0 radical (unpaired) electrons. The van der Waals surface area contributed by atoms with Gasteiger partial charge in [-0.2, -0.15) is 0 Å². The lowest BCUT2D eigenvalue weighted by Crippen LogP contribution is -2.41. The van der Waals surface area contributed by atoms with Crippen LogP contribution < -0.4 is 21.3 Å². The number of hydrogen-bond donors (Lipinski definition) is 4. The number of amides is 5. The Hall–Kier alpha value is -4.21. The first-order valence-electron chi connectivity index (χ1n) is 11.2. The highest BCUT2D eigenvalue weighted by Gasteiger charge is 2.38. The highest BCUT2D eigenvalue weighted by atomic mass is 16.2. The van der Waals surface area contributed by atoms with Crippen molar-refractivity contribution in [3.63, 3.8) is 0 Å². The van der Waals surface area contributed by atoms with Crippen LogP contribution in [-0.2, 0) is 14.4 Å². The largest absolute Gasteiger partial charge is 0.340 e. The molecule has 2 aromatic carbocycles. The van der Waals surface area contributed by atoms with Gasteiger partial charge in [-0.25, -0.2) is 0 Å². The van der Waals surface area contributed by atoms with Crippen molar-refractivity contribution in [2.45, 2.75) is 37.8 Å². The number of carbonyl (C=O) groups is 5. The van der Waals surface area contributed by atoms with Gasteiger partial charge in [0.15, 0.2) is 0 Å². The molecule has 2 aromatic rings. The second-order valence-corrected chi connectivity index (χ2v) is 8.55. The van der Waals surface area contributed by atoms with Crippen LogP contribution in [0.5, 0.6) is 0 Å². The molecule has 0 bridgehead atoms. The van der Waals surface area contributed by atoms with Crippen LogP contribution in [-0.4, -0.2) is 53.1 Å². The molecule has 0 unspecified atom stereocenters. The SMILES string of the molecule is O=C(CC[C@@H]1NC(=O)c2ccccc2NC1=O)Nc1ccc2c(c1)C(=O)N1CCC[C@H]1C(=O)N2. The van der Waals surface area contributed by atoms with Crippen molar-refractivity contribution in [3.8, 4) is 0 Å². The van der Waals surface area contributed by atoms with Gasteiger partial charge in [0.1, 0.15) is 12.1 Å². The number of fused-ring (bicyclic) bond motifs is 3. The molecule has 1 fully saturated rings. The average Bonchev–Trinajstić information content (AvgIpc) is 3.24. The number of rotatable bonds is 4. The van der Waals surface area contributed by atoms with Gasteiger partial charge in [0.2, 0.25) is 17.7 Å². The van der Waals surface area contributed by atoms with Gasteiger partial charge in [-0.1, -0.05) is 12.1 Å². The van der Waals surface area contributed by atoms with E-state index in [9.17, 15) is 24.0 Å². The summed E-state index contributed by atoms with van der Waals surface area (Å²) >= 11 is 0. The number of carbonyl (C=O) groups excluding carboxylic acids is 5. The molecule has 4 N–H and O–H groups in total. The molecule has 174 valence electrons. The van der Waals surface area contributed by atoms with Crippen LogP contribution in [0.25, 0.3) is 0 Å². The van der Waals surface area contributed by atoms with Crippen LogP contribution in [0.3, 0.4) is 0 Å². The molecule has 0 saturated carbocycles. The molecule has 0 spiro atoms. The molecular formula is C24H23N5O5. The van der Waals surface area contributed by atoms with Gasteiger partial charge >= 0.3 is 0 Å². The summed E-state index contributed by atoms with van der Waals surface area (Å²) in [5.41, 5.74) is 1.94. The van der Waals surface area contributed by atoms with Crippen LogP contribution >= 0.6 is 0 Å². The third kappa shape index (κ3) is 3.98. The summed E-state index contributed by atoms with van der Waals surface area (Å²) in [6, 6.07) is 10.1. The molecule has 5 amide bonds. The molecule has 3 aliphatic heterocycles. The smallest absolute Gasteiger partial charge is 0.256 e. The molecule has 34 heavy (non-hydrogen) atoms. The van der Waals surface area contributed by atoms with E-state index in [1.54, 1.807) is 47.4 Å². The lowest BCUT2D eigenvalue weighted by Gasteiger charge is -2.20. The van der Waals surface area contributed by atoms with Crippen molar-refractivity contribution in [2.75, 3.05) is 22.5 Å². The lowest BCUT2D eigenvalue weighted by molar-refractivity contribution is -0.120. The fourth-order valence-electron chi connectivity index (χ4n) is 4.57. The minimum Gasteiger partial charge on any atom is -0.340 e. The first kappa shape index (κ1) is 21.6. The second-order valence-electron chi connectivity index (χ2n) is 8.55. The Balaban J connectivity index is 1.24. The van der Waals surface area contributed by atoms with Crippen LogP contribution in [0, 0.1) is 0 Å². The summed E-state index contributed by atoms with van der Waals surface area (Å²) in [5.74, 6) is -1.59. The summed E-state index contributed by atoms with van der Waals surface area (Å²) in [6.07, 6.45) is 1.48. The zero-order chi connectivity index (χ0) is 23.8. The van der Waals surface area contributed by atoms with E-state index in [4.69, 9.17) is 0 Å². The number of nitrogens with one attached hydrogen (secondary N) is 4. The van der Waals surface area contributed by atoms with E-state index in [0.29, 0.717) is 41.2 Å². The highest BCUT2D eigenvalue weighted by molar-refractivity contribution is 6.11. The molecule has 1 saturated heterocycles. The van der Waals surface area contributed by atoms with Crippen LogP contribution in [0.15, 0.2) is 42.5 Å². The van der Waals surface area contributed by atoms with Crippen molar-refractivity contribution in [2.24, 2.45) is 0 Å². The third-order valence-corrected chi connectivity index (χ3v) is 6.32. The normalized spacial score (nSPS) is 21.2. The van der Waals surface area contributed by atoms with Gasteiger partial charge in [0.05, 0.1) is 22.5 Å². The van der Waals surface area contributed by atoms with Crippen molar-refractivity contribution < 1.29 is 24.0 Å². The molecule has 0 aliphatic carbocycles. The number of hydrogen-bond acceptors (Lipinski definition) is 5. The van der Waals surface area contributed by atoms with E-state index in [0.717, 1.165) is 6.42 Å². The van der Waals surface area contributed by atoms with Crippen LogP contribution in [0.1, 0.15) is 46.4 Å². The van der Waals surface area contributed by atoms with E-state index in [2.05, 4.69) is 21.3 Å². The molecule has 10 heteroatoms. The number of nitrogens with zero attached hydrogens (tertiary/aromatic N) is 1. The first-order valence-corrected chi connectivity index (χ1v) is 11.2. The molecule has 5 rings (SSSR count). The molecule has 0 aromatic heterocycles. The maximum atomic E-state index is 13.0. The second kappa shape index (κ2) is 8.62. The standard InChI is InChI=1S/C24H23N5O5/c30-20(10-9-18-22(32)26-16-5-2-1-4-14(16)21(31)28-18)25-13-7-8-17-15(12-13)24(34)29-11-3-6-19(29)23(33)27-17/h1-2,4-5,7-8,12,18-19H,3,6,9-11H2,(H,25,30)(H,26,32)(H,27,33)(H,28,31)/t18-,19-/m0/s1. The summed E-state index contributed by atoms with van der Waals surface area (Å²) in [5, 5.41) is 10.9. The minimum absolute atomic E-state index is 0.0231. The van der Waals surface area contributed by atoms with E-state index in [1.165, 1.54) is 0 Å². The van der Waals surface area contributed by atoms with Gasteiger partial charge in [-0.15, -0.1) is 0 Å². The van der Waals surface area contributed by atoms with Crippen molar-refractivity contribution in [3.05, 3.63) is 53.6 Å². The molecular weight excluding hydrogens is 438 g/mol. The lowest BCUT2D eigenvalue weighted by atomic mass is 10.1. The monoisotopic (exact) mass is 461 g/mol. The maximum Gasteiger partial charge on any atom is 0.256 e. The topological polar surface area (TPSA) is 137 Å². The molecule has 2 atom stereocenters. The van der Waals surface area contributed by atoms with E-state index in [-0.39, 0.29) is 36.5 Å². The molecule has 10 nitrogen and oxygen atoms in total. The predicted molar refractivity (Wildman–Crippen MR) is 123 cm³/mol. The van der Waals surface area contributed by atoms with E-state index >= 15 is 0 Å². The highest BCUT2D eigenvalue weighted by Crippen LogP contribution is 2.30. The fourth-order valence-corrected chi connectivity index (χ4v) is 4.57. The number of para-hydroxylation sites is 1. The Labute approximate surface area is 195 Å². The maximum absolute atomic E-state index is 13.0. The first-order chi connectivity index (χ1) is 16.4. The Kier molecular flexibility index (Phi) is 5.48. The van der Waals surface area contributed by atoms with Gasteiger partial charge in [-0.3, -0.25) is 24.0 Å². The molecule has 3 aliphatic rings. The minimum atomic E-state index is -0.860. The summed E-state index contributed by atoms with van der Waals surface area (Å²) in [7, 11) is 0. The van der Waals surface area contributed by atoms with Crippen LogP contribution in [0.4, 0.5) is 17.1 Å². The van der Waals surface area contributed by atoms with Gasteiger partial charge in [-0.05, 0) is 49.6 Å². The van der Waals surface area contributed by atoms with Crippen LogP contribution in [0.2, 0.25) is 0 Å². The Morgan fingerprint density at radius 3 is 2.59 bits per heavy atom. The zero-order valence-electron chi connectivity index (χ0n) is 18.2. The number of benzene rings is 2. The zero-order valence-corrected chi connectivity index (χ0v) is 18.2. The van der Waals surface area contributed by atoms with E-state index in [1.807, 2.05) is 0 Å². The predicted octanol–water partition coefficient (Wildman–Crippen LogP) is 1.71. The van der Waals surface area contributed by atoms with Crippen molar-refractivity contribution >= 4 is 46.6 Å². The molecule has 3 heterocycles. The number of anilines is 3. The Morgan fingerprint density at radius 2 is 1.74 bits per heavy atom. The summed E-state index contributed by atoms with van der Waals surface area (Å²) in [4.78, 5) is 64.5. The van der Waals surface area contributed by atoms with Gasteiger partial charge in [0, 0.05) is 18.7 Å². The average molecular weight is 461 g/mol.